The van der Waals surface area contributed by atoms with Crippen LogP contribution in [0.2, 0.25) is 0 Å². The third kappa shape index (κ3) is 5.15. The highest BCUT2D eigenvalue weighted by molar-refractivity contribution is 7.98. The summed E-state index contributed by atoms with van der Waals surface area (Å²) < 4.78 is 5.73. The second kappa shape index (κ2) is 8.29. The normalized spacial score (nSPS) is 16.1. The minimum Gasteiger partial charge on any atom is -0.378 e. The van der Waals surface area contributed by atoms with Gasteiger partial charge in [-0.1, -0.05) is 6.07 Å². The number of amides is 1. The molecule has 0 radical (unpaired) electrons. The average molecular weight is 294 g/mol. The second-order valence-corrected chi connectivity index (χ2v) is 5.73. The Kier molecular flexibility index (Phi) is 6.36. The molecule has 1 aliphatic heterocycles. The van der Waals surface area contributed by atoms with Crippen molar-refractivity contribution in [3.8, 4) is 0 Å². The summed E-state index contributed by atoms with van der Waals surface area (Å²) in [5.41, 5.74) is 0.851. The number of ether oxygens (including phenoxy) is 1. The van der Waals surface area contributed by atoms with E-state index in [2.05, 4.69) is 10.6 Å². The van der Waals surface area contributed by atoms with E-state index in [0.717, 1.165) is 36.5 Å². The Morgan fingerprint density at radius 2 is 2.25 bits per heavy atom. The van der Waals surface area contributed by atoms with Crippen LogP contribution in [0.25, 0.3) is 0 Å². The highest BCUT2D eigenvalue weighted by Crippen LogP contribution is 2.19. The SMILES string of the molecule is CSc1cccc(NC(=O)CCOC2CCNCC2)c1. The molecular formula is C15H22N2O2S. The number of anilines is 1. The quantitative estimate of drug-likeness (QED) is 0.792. The summed E-state index contributed by atoms with van der Waals surface area (Å²) >= 11 is 1.66. The first-order valence-corrected chi connectivity index (χ1v) is 8.26. The van der Waals surface area contributed by atoms with E-state index in [9.17, 15) is 4.79 Å². The van der Waals surface area contributed by atoms with Gasteiger partial charge in [0.1, 0.15) is 0 Å². The van der Waals surface area contributed by atoms with E-state index < -0.39 is 0 Å². The summed E-state index contributed by atoms with van der Waals surface area (Å²) in [7, 11) is 0. The molecule has 0 aliphatic carbocycles. The Bertz CT molecular complexity index is 434. The molecule has 1 aromatic rings. The maximum absolute atomic E-state index is 11.8. The van der Waals surface area contributed by atoms with Crippen molar-refractivity contribution >= 4 is 23.4 Å². The van der Waals surface area contributed by atoms with Crippen LogP contribution < -0.4 is 10.6 Å². The molecule has 110 valence electrons. The summed E-state index contributed by atoms with van der Waals surface area (Å²) in [5, 5.41) is 6.21. The van der Waals surface area contributed by atoms with Gasteiger partial charge in [-0.2, -0.15) is 0 Å². The minimum absolute atomic E-state index is 0.0113. The van der Waals surface area contributed by atoms with E-state index in [1.807, 2.05) is 30.5 Å². The van der Waals surface area contributed by atoms with Crippen molar-refractivity contribution < 1.29 is 9.53 Å². The third-order valence-corrected chi connectivity index (χ3v) is 4.05. The lowest BCUT2D eigenvalue weighted by Gasteiger charge is -2.22. The van der Waals surface area contributed by atoms with Crippen LogP contribution in [0, 0.1) is 0 Å². The number of hydrogen-bond acceptors (Lipinski definition) is 4. The number of carbonyl (C=O) groups is 1. The monoisotopic (exact) mass is 294 g/mol. The molecular weight excluding hydrogens is 272 g/mol. The zero-order chi connectivity index (χ0) is 14.2. The van der Waals surface area contributed by atoms with Crippen LogP contribution in [-0.2, 0) is 9.53 Å². The van der Waals surface area contributed by atoms with Gasteiger partial charge in [-0.25, -0.2) is 0 Å². The van der Waals surface area contributed by atoms with Crippen molar-refractivity contribution in [2.75, 3.05) is 31.3 Å². The van der Waals surface area contributed by atoms with Crippen molar-refractivity contribution in [3.05, 3.63) is 24.3 Å². The third-order valence-electron chi connectivity index (χ3n) is 3.32. The fourth-order valence-electron chi connectivity index (χ4n) is 2.20. The zero-order valence-corrected chi connectivity index (χ0v) is 12.7. The van der Waals surface area contributed by atoms with Gasteiger partial charge >= 0.3 is 0 Å². The molecule has 0 spiro atoms. The smallest absolute Gasteiger partial charge is 0.226 e. The van der Waals surface area contributed by atoms with Gasteiger partial charge in [-0.3, -0.25) is 4.79 Å². The van der Waals surface area contributed by atoms with Gasteiger partial charge in [0.2, 0.25) is 5.91 Å². The fourth-order valence-corrected chi connectivity index (χ4v) is 2.66. The van der Waals surface area contributed by atoms with E-state index in [1.54, 1.807) is 11.8 Å². The molecule has 4 nitrogen and oxygen atoms in total. The first-order chi connectivity index (χ1) is 9.78. The Hall–Kier alpha value is -1.04. The van der Waals surface area contributed by atoms with Crippen LogP contribution in [0.1, 0.15) is 19.3 Å². The number of carbonyl (C=O) groups excluding carboxylic acids is 1. The Balaban J connectivity index is 1.69. The van der Waals surface area contributed by atoms with Crippen molar-refractivity contribution in [2.24, 2.45) is 0 Å². The number of rotatable bonds is 6. The van der Waals surface area contributed by atoms with Gasteiger partial charge in [-0.05, 0) is 50.4 Å². The van der Waals surface area contributed by atoms with Crippen molar-refractivity contribution in [1.29, 1.82) is 0 Å². The number of thioether (sulfide) groups is 1. The lowest BCUT2D eigenvalue weighted by atomic mass is 10.1. The van der Waals surface area contributed by atoms with E-state index >= 15 is 0 Å². The number of nitrogens with one attached hydrogen (secondary N) is 2. The first-order valence-electron chi connectivity index (χ1n) is 7.04. The van der Waals surface area contributed by atoms with Gasteiger partial charge in [-0.15, -0.1) is 11.8 Å². The largest absolute Gasteiger partial charge is 0.378 e. The lowest BCUT2D eigenvalue weighted by molar-refractivity contribution is -0.117. The average Bonchev–Trinajstić information content (AvgIpc) is 2.48. The Morgan fingerprint density at radius 1 is 1.45 bits per heavy atom. The molecule has 1 saturated heterocycles. The fraction of sp³-hybridized carbons (Fsp3) is 0.533. The van der Waals surface area contributed by atoms with E-state index in [-0.39, 0.29) is 5.91 Å². The van der Waals surface area contributed by atoms with Crippen LogP contribution in [0.4, 0.5) is 5.69 Å². The summed E-state index contributed by atoms with van der Waals surface area (Å²) in [6.07, 6.45) is 4.82. The highest BCUT2D eigenvalue weighted by Gasteiger charge is 2.13. The molecule has 1 aliphatic rings. The molecule has 20 heavy (non-hydrogen) atoms. The molecule has 5 heteroatoms. The van der Waals surface area contributed by atoms with Crippen LogP contribution in [-0.4, -0.2) is 38.0 Å². The van der Waals surface area contributed by atoms with Gasteiger partial charge in [0.05, 0.1) is 19.1 Å². The van der Waals surface area contributed by atoms with Crippen LogP contribution in [0.5, 0.6) is 0 Å². The molecule has 0 unspecified atom stereocenters. The summed E-state index contributed by atoms with van der Waals surface area (Å²) in [6, 6.07) is 7.87. The van der Waals surface area contributed by atoms with Crippen molar-refractivity contribution in [2.45, 2.75) is 30.3 Å². The lowest BCUT2D eigenvalue weighted by Crippen LogP contribution is -2.33. The van der Waals surface area contributed by atoms with Crippen LogP contribution >= 0.6 is 11.8 Å². The van der Waals surface area contributed by atoms with E-state index in [0.29, 0.717) is 19.1 Å². The Labute approximate surface area is 124 Å². The molecule has 0 saturated carbocycles. The molecule has 0 bridgehead atoms. The summed E-state index contributed by atoms with van der Waals surface area (Å²) in [6.45, 7) is 2.52. The second-order valence-electron chi connectivity index (χ2n) is 4.85. The zero-order valence-electron chi connectivity index (χ0n) is 11.9. The Morgan fingerprint density at radius 3 is 3.00 bits per heavy atom. The summed E-state index contributed by atoms with van der Waals surface area (Å²) in [5.74, 6) is 0.0113. The molecule has 1 aromatic carbocycles. The number of benzene rings is 1. The summed E-state index contributed by atoms with van der Waals surface area (Å²) in [4.78, 5) is 13.0. The number of piperidine rings is 1. The molecule has 2 N–H and O–H groups in total. The van der Waals surface area contributed by atoms with E-state index in [1.165, 1.54) is 0 Å². The molecule has 1 amide bonds. The van der Waals surface area contributed by atoms with Gasteiger partial charge in [0, 0.05) is 10.6 Å². The van der Waals surface area contributed by atoms with Gasteiger partial charge in [0.25, 0.3) is 0 Å². The topological polar surface area (TPSA) is 50.4 Å². The predicted octanol–water partition coefficient (Wildman–Crippen LogP) is 2.51. The number of hydrogen-bond donors (Lipinski definition) is 2. The van der Waals surface area contributed by atoms with Gasteiger partial charge in [0.15, 0.2) is 0 Å². The molecule has 0 aromatic heterocycles. The molecule has 0 atom stereocenters. The molecule has 2 rings (SSSR count). The van der Waals surface area contributed by atoms with E-state index in [4.69, 9.17) is 4.74 Å². The first kappa shape index (κ1) is 15.4. The highest BCUT2D eigenvalue weighted by atomic mass is 32.2. The maximum atomic E-state index is 11.8. The predicted molar refractivity (Wildman–Crippen MR) is 83.3 cm³/mol. The van der Waals surface area contributed by atoms with Crippen molar-refractivity contribution in [1.82, 2.24) is 5.32 Å². The van der Waals surface area contributed by atoms with Crippen molar-refractivity contribution in [3.63, 3.8) is 0 Å². The van der Waals surface area contributed by atoms with Crippen LogP contribution in [0.15, 0.2) is 29.2 Å². The van der Waals surface area contributed by atoms with Crippen LogP contribution in [0.3, 0.4) is 0 Å². The molecule has 1 fully saturated rings. The standard InChI is InChI=1S/C15H22N2O2S/c1-20-14-4-2-3-12(11-14)17-15(18)7-10-19-13-5-8-16-9-6-13/h2-4,11,13,16H,5-10H2,1H3,(H,17,18). The minimum atomic E-state index is 0.0113. The van der Waals surface area contributed by atoms with Gasteiger partial charge < -0.3 is 15.4 Å². The molecule has 1 heterocycles. The maximum Gasteiger partial charge on any atom is 0.226 e.